The zero-order chi connectivity index (χ0) is 17.2. The quantitative estimate of drug-likeness (QED) is 0.820. The van der Waals surface area contributed by atoms with Crippen molar-refractivity contribution < 1.29 is 17.6 Å². The minimum Gasteiger partial charge on any atom is -0.468 e. The summed E-state index contributed by atoms with van der Waals surface area (Å²) < 4.78 is 30.2. The lowest BCUT2D eigenvalue weighted by Gasteiger charge is -2.36. The van der Waals surface area contributed by atoms with Crippen molar-refractivity contribution in [2.24, 2.45) is 5.92 Å². The van der Waals surface area contributed by atoms with E-state index in [1.54, 1.807) is 12.1 Å². The van der Waals surface area contributed by atoms with Crippen LogP contribution < -0.4 is 0 Å². The Labute approximate surface area is 143 Å². The Balaban J connectivity index is 1.52. The summed E-state index contributed by atoms with van der Waals surface area (Å²) >= 11 is 0. The van der Waals surface area contributed by atoms with Crippen molar-refractivity contribution in [3.05, 3.63) is 24.2 Å². The Bertz CT molecular complexity index is 640. The molecule has 0 atom stereocenters. The Kier molecular flexibility index (Phi) is 5.30. The molecule has 7 heteroatoms. The average Bonchev–Trinajstić information content (AvgIpc) is 3.07. The molecule has 2 saturated heterocycles. The summed E-state index contributed by atoms with van der Waals surface area (Å²) in [6.45, 7) is 3.02. The van der Waals surface area contributed by atoms with E-state index in [1.165, 1.54) is 6.26 Å². The van der Waals surface area contributed by atoms with Crippen LogP contribution in [0.2, 0.25) is 0 Å². The fraction of sp³-hybridized carbons (Fsp3) is 0.706. The summed E-state index contributed by atoms with van der Waals surface area (Å²) in [6.07, 6.45) is 4.37. The van der Waals surface area contributed by atoms with E-state index < -0.39 is 9.84 Å². The number of hydrogen-bond acceptors (Lipinski definition) is 5. The van der Waals surface area contributed by atoms with Gasteiger partial charge in [-0.3, -0.25) is 4.79 Å². The number of carbonyl (C=O) groups is 1. The van der Waals surface area contributed by atoms with Crippen molar-refractivity contribution in [2.45, 2.75) is 36.7 Å². The van der Waals surface area contributed by atoms with Crippen LogP contribution in [-0.4, -0.2) is 62.6 Å². The van der Waals surface area contributed by atoms with E-state index in [1.807, 2.05) is 4.90 Å². The summed E-state index contributed by atoms with van der Waals surface area (Å²) in [4.78, 5) is 16.7. The van der Waals surface area contributed by atoms with Crippen LogP contribution in [-0.2, 0) is 20.4 Å². The monoisotopic (exact) mass is 354 g/mol. The number of carbonyl (C=O) groups excluding carboxylic acids is 1. The Morgan fingerprint density at radius 1 is 1.17 bits per heavy atom. The molecule has 1 aromatic heterocycles. The second kappa shape index (κ2) is 7.27. The molecular formula is C17H26N2O4S. The standard InChI is InChI=1S/C17H26N2O4S/c1-18-8-4-14(5-9-18)17(20)19-10-6-16(7-11-19)24(21,22)13-15-3-2-12-23-15/h2-3,12,14,16H,4-11,13H2,1H3. The van der Waals surface area contributed by atoms with Gasteiger partial charge in [0.05, 0.1) is 11.5 Å². The highest BCUT2D eigenvalue weighted by Crippen LogP contribution is 2.25. The van der Waals surface area contributed by atoms with Gasteiger partial charge in [0.2, 0.25) is 5.91 Å². The van der Waals surface area contributed by atoms with Gasteiger partial charge in [-0.25, -0.2) is 8.42 Å². The smallest absolute Gasteiger partial charge is 0.225 e. The SMILES string of the molecule is CN1CCC(C(=O)N2CCC(S(=O)(=O)Cc3ccco3)CC2)CC1. The van der Waals surface area contributed by atoms with Crippen molar-refractivity contribution >= 4 is 15.7 Å². The van der Waals surface area contributed by atoms with Crippen molar-refractivity contribution in [3.8, 4) is 0 Å². The Hall–Kier alpha value is -1.34. The topological polar surface area (TPSA) is 70.8 Å². The van der Waals surface area contributed by atoms with Gasteiger partial charge in [0.1, 0.15) is 11.5 Å². The lowest BCUT2D eigenvalue weighted by atomic mass is 9.94. The second-order valence-electron chi connectivity index (χ2n) is 6.99. The zero-order valence-corrected chi connectivity index (χ0v) is 15.0. The molecule has 2 fully saturated rings. The molecule has 1 aromatic rings. The average molecular weight is 354 g/mol. The van der Waals surface area contributed by atoms with Crippen molar-refractivity contribution in [1.82, 2.24) is 9.80 Å². The Morgan fingerprint density at radius 3 is 2.42 bits per heavy atom. The van der Waals surface area contributed by atoms with Crippen LogP contribution in [0.5, 0.6) is 0 Å². The van der Waals surface area contributed by atoms with Crippen LogP contribution in [0.4, 0.5) is 0 Å². The highest BCUT2D eigenvalue weighted by Gasteiger charge is 2.34. The maximum absolute atomic E-state index is 12.6. The van der Waals surface area contributed by atoms with E-state index in [0.717, 1.165) is 25.9 Å². The minimum atomic E-state index is -3.23. The number of likely N-dealkylation sites (tertiary alicyclic amines) is 2. The first-order valence-corrected chi connectivity index (χ1v) is 10.4. The molecule has 0 bridgehead atoms. The highest BCUT2D eigenvalue weighted by atomic mass is 32.2. The van der Waals surface area contributed by atoms with Crippen LogP contribution in [0.25, 0.3) is 0 Å². The van der Waals surface area contributed by atoms with Crippen molar-refractivity contribution in [1.29, 1.82) is 0 Å². The zero-order valence-electron chi connectivity index (χ0n) is 14.2. The fourth-order valence-corrected chi connectivity index (χ4v) is 5.39. The first-order chi connectivity index (χ1) is 11.5. The normalized spacial score (nSPS) is 22.0. The van der Waals surface area contributed by atoms with Gasteiger partial charge < -0.3 is 14.2 Å². The molecule has 3 heterocycles. The number of amides is 1. The summed E-state index contributed by atoms with van der Waals surface area (Å²) in [6, 6.07) is 3.39. The summed E-state index contributed by atoms with van der Waals surface area (Å²) in [5, 5.41) is -0.371. The maximum Gasteiger partial charge on any atom is 0.225 e. The number of sulfone groups is 1. The molecule has 0 radical (unpaired) electrons. The molecule has 0 N–H and O–H groups in total. The molecule has 0 aromatic carbocycles. The molecule has 1 amide bonds. The molecule has 0 saturated carbocycles. The summed E-state index contributed by atoms with van der Waals surface area (Å²) in [5.74, 6) is 0.760. The van der Waals surface area contributed by atoms with Crippen molar-refractivity contribution in [3.63, 3.8) is 0 Å². The van der Waals surface area contributed by atoms with E-state index in [-0.39, 0.29) is 22.8 Å². The molecule has 3 rings (SSSR count). The number of piperidine rings is 2. The van der Waals surface area contributed by atoms with Crippen LogP contribution in [0, 0.1) is 5.92 Å². The number of nitrogens with zero attached hydrogens (tertiary/aromatic N) is 2. The number of furan rings is 1. The van der Waals surface area contributed by atoms with Gasteiger partial charge in [-0.05, 0) is 58.0 Å². The molecule has 0 unspecified atom stereocenters. The molecule has 2 aliphatic rings. The largest absolute Gasteiger partial charge is 0.468 e. The van der Waals surface area contributed by atoms with Gasteiger partial charge in [-0.2, -0.15) is 0 Å². The van der Waals surface area contributed by atoms with E-state index >= 15 is 0 Å². The molecule has 6 nitrogen and oxygen atoms in total. The predicted molar refractivity (Wildman–Crippen MR) is 91.2 cm³/mol. The maximum atomic E-state index is 12.6. The van der Waals surface area contributed by atoms with Gasteiger partial charge in [-0.1, -0.05) is 0 Å². The fourth-order valence-electron chi connectivity index (χ4n) is 3.66. The van der Waals surface area contributed by atoms with Gasteiger partial charge in [-0.15, -0.1) is 0 Å². The van der Waals surface area contributed by atoms with Crippen LogP contribution in [0.15, 0.2) is 22.8 Å². The number of hydrogen-bond donors (Lipinski definition) is 0. The van der Waals surface area contributed by atoms with Gasteiger partial charge in [0.15, 0.2) is 9.84 Å². The molecule has 2 aliphatic heterocycles. The summed E-state index contributed by atoms with van der Waals surface area (Å²) in [5.41, 5.74) is 0. The van der Waals surface area contributed by atoms with Crippen LogP contribution >= 0.6 is 0 Å². The second-order valence-corrected chi connectivity index (χ2v) is 9.27. The molecular weight excluding hydrogens is 328 g/mol. The van der Waals surface area contributed by atoms with E-state index in [2.05, 4.69) is 11.9 Å². The predicted octanol–water partition coefficient (Wildman–Crippen LogP) is 1.53. The molecule has 0 aliphatic carbocycles. The first kappa shape index (κ1) is 17.5. The van der Waals surface area contributed by atoms with Crippen LogP contribution in [0.3, 0.4) is 0 Å². The van der Waals surface area contributed by atoms with Gasteiger partial charge in [0, 0.05) is 19.0 Å². The van der Waals surface area contributed by atoms with E-state index in [9.17, 15) is 13.2 Å². The van der Waals surface area contributed by atoms with Gasteiger partial charge >= 0.3 is 0 Å². The third-order valence-electron chi connectivity index (χ3n) is 5.25. The van der Waals surface area contributed by atoms with E-state index in [0.29, 0.717) is 31.7 Å². The highest BCUT2D eigenvalue weighted by molar-refractivity contribution is 7.91. The minimum absolute atomic E-state index is 0.0480. The van der Waals surface area contributed by atoms with Gasteiger partial charge in [0.25, 0.3) is 0 Å². The van der Waals surface area contributed by atoms with Crippen molar-refractivity contribution in [2.75, 3.05) is 33.2 Å². The molecule has 0 spiro atoms. The lowest BCUT2D eigenvalue weighted by molar-refractivity contribution is -0.137. The van der Waals surface area contributed by atoms with Crippen LogP contribution in [0.1, 0.15) is 31.4 Å². The first-order valence-electron chi connectivity index (χ1n) is 8.67. The summed E-state index contributed by atoms with van der Waals surface area (Å²) in [7, 11) is -1.15. The third-order valence-corrected chi connectivity index (χ3v) is 7.43. The number of rotatable bonds is 4. The Morgan fingerprint density at radius 2 is 1.83 bits per heavy atom. The molecule has 24 heavy (non-hydrogen) atoms. The lowest BCUT2D eigenvalue weighted by Crippen LogP contribution is -2.47. The van der Waals surface area contributed by atoms with E-state index in [4.69, 9.17) is 4.42 Å². The third kappa shape index (κ3) is 4.00. The molecule has 134 valence electrons.